The van der Waals surface area contributed by atoms with E-state index in [1.54, 1.807) is 25.2 Å². The number of rotatable bonds is 8. The average molecular weight is 389 g/mol. The van der Waals surface area contributed by atoms with E-state index in [0.29, 0.717) is 12.1 Å². The van der Waals surface area contributed by atoms with Gasteiger partial charge in [0.25, 0.3) is 0 Å². The second kappa shape index (κ2) is 9.15. The summed E-state index contributed by atoms with van der Waals surface area (Å²) in [7, 11) is -2.03. The van der Waals surface area contributed by atoms with Gasteiger partial charge in [-0.2, -0.15) is 4.31 Å². The Balaban J connectivity index is 2.04. The van der Waals surface area contributed by atoms with Gasteiger partial charge in [-0.05, 0) is 56.9 Å². The molecule has 0 aliphatic carbocycles. The predicted molar refractivity (Wildman–Crippen MR) is 109 cm³/mol. The maximum atomic E-state index is 12.7. The second-order valence-corrected chi connectivity index (χ2v) is 8.98. The van der Waals surface area contributed by atoms with Gasteiger partial charge in [-0.1, -0.05) is 36.4 Å². The number of amides is 1. The Kier molecular flexibility index (Phi) is 7.16. The minimum absolute atomic E-state index is 0.110. The first-order valence-corrected chi connectivity index (χ1v) is 10.6. The molecule has 0 saturated carbocycles. The first-order chi connectivity index (χ1) is 12.7. The van der Waals surface area contributed by atoms with Gasteiger partial charge >= 0.3 is 0 Å². The van der Waals surface area contributed by atoms with Crippen LogP contribution in [0.4, 0.5) is 5.69 Å². The van der Waals surface area contributed by atoms with Crippen LogP contribution >= 0.6 is 0 Å². The Morgan fingerprint density at radius 1 is 1.11 bits per heavy atom. The smallest absolute Gasteiger partial charge is 0.243 e. The third-order valence-corrected chi connectivity index (χ3v) is 6.63. The van der Waals surface area contributed by atoms with Gasteiger partial charge in [0.1, 0.15) is 0 Å². The highest BCUT2D eigenvalue weighted by molar-refractivity contribution is 7.89. The number of hydrogen-bond donors (Lipinski definition) is 1. The molecule has 0 saturated heterocycles. The standard InChI is InChI=1S/C21H28N2O3S/c1-16(2)23(4)27(25,26)19-14-13-17(3)20(15-19)22-21(24)12-8-11-18-9-6-5-7-10-18/h5-7,9-10,13-16H,8,11-12H2,1-4H3,(H,22,24). The zero-order chi connectivity index (χ0) is 20.0. The van der Waals surface area contributed by atoms with E-state index in [1.165, 1.54) is 9.87 Å². The fourth-order valence-corrected chi connectivity index (χ4v) is 4.04. The highest BCUT2D eigenvalue weighted by atomic mass is 32.2. The normalized spacial score (nSPS) is 11.8. The molecule has 0 heterocycles. The van der Waals surface area contributed by atoms with Gasteiger partial charge < -0.3 is 5.32 Å². The lowest BCUT2D eigenvalue weighted by Crippen LogP contribution is -2.33. The molecule has 27 heavy (non-hydrogen) atoms. The molecule has 2 aromatic carbocycles. The van der Waals surface area contributed by atoms with Crippen LogP contribution in [0, 0.1) is 6.92 Å². The molecule has 1 N–H and O–H groups in total. The summed E-state index contributed by atoms with van der Waals surface area (Å²) >= 11 is 0. The van der Waals surface area contributed by atoms with Crippen LogP contribution in [-0.2, 0) is 21.2 Å². The second-order valence-electron chi connectivity index (χ2n) is 6.98. The Morgan fingerprint density at radius 2 is 1.78 bits per heavy atom. The molecule has 0 atom stereocenters. The summed E-state index contributed by atoms with van der Waals surface area (Å²) in [5.74, 6) is -0.110. The Bertz CT molecular complexity index is 878. The van der Waals surface area contributed by atoms with Crippen molar-refractivity contribution in [2.45, 2.75) is 51.0 Å². The van der Waals surface area contributed by atoms with Gasteiger partial charge in [0, 0.05) is 25.2 Å². The van der Waals surface area contributed by atoms with E-state index >= 15 is 0 Å². The molecule has 2 aromatic rings. The summed E-state index contributed by atoms with van der Waals surface area (Å²) in [6.07, 6.45) is 1.96. The van der Waals surface area contributed by atoms with Crippen molar-refractivity contribution in [3.05, 3.63) is 59.7 Å². The minimum atomic E-state index is -3.58. The molecule has 146 valence electrons. The van der Waals surface area contributed by atoms with Crippen molar-refractivity contribution < 1.29 is 13.2 Å². The summed E-state index contributed by atoms with van der Waals surface area (Å²) in [4.78, 5) is 12.5. The average Bonchev–Trinajstić information content (AvgIpc) is 2.63. The van der Waals surface area contributed by atoms with Crippen LogP contribution in [0.25, 0.3) is 0 Å². The van der Waals surface area contributed by atoms with Crippen molar-refractivity contribution in [1.82, 2.24) is 4.31 Å². The van der Waals surface area contributed by atoms with Gasteiger partial charge in [-0.25, -0.2) is 8.42 Å². The van der Waals surface area contributed by atoms with Crippen LogP contribution in [0.5, 0.6) is 0 Å². The molecule has 1 amide bonds. The number of sulfonamides is 1. The van der Waals surface area contributed by atoms with Crippen LogP contribution < -0.4 is 5.32 Å². The Labute approximate surface area is 162 Å². The number of nitrogens with one attached hydrogen (secondary N) is 1. The van der Waals surface area contributed by atoms with Gasteiger partial charge in [0.15, 0.2) is 0 Å². The molecule has 0 spiro atoms. The SMILES string of the molecule is Cc1ccc(S(=O)(=O)N(C)C(C)C)cc1NC(=O)CCCc1ccccc1. The molecule has 6 heteroatoms. The molecule has 0 aliphatic heterocycles. The van der Waals surface area contributed by atoms with Gasteiger partial charge in [-0.15, -0.1) is 0 Å². The Hall–Kier alpha value is -2.18. The number of aryl methyl sites for hydroxylation is 2. The van der Waals surface area contributed by atoms with E-state index < -0.39 is 10.0 Å². The molecule has 0 aliphatic rings. The molecule has 0 fully saturated rings. The number of benzene rings is 2. The van der Waals surface area contributed by atoms with E-state index in [4.69, 9.17) is 0 Å². The van der Waals surface area contributed by atoms with Crippen LogP contribution in [0.15, 0.2) is 53.4 Å². The predicted octanol–water partition coefficient (Wildman–Crippen LogP) is 3.99. The molecule has 0 bridgehead atoms. The number of nitrogens with zero attached hydrogens (tertiary/aromatic N) is 1. The third kappa shape index (κ3) is 5.65. The maximum absolute atomic E-state index is 12.7. The van der Waals surface area contributed by atoms with E-state index in [2.05, 4.69) is 5.32 Å². The molecule has 5 nitrogen and oxygen atoms in total. The largest absolute Gasteiger partial charge is 0.326 e. The van der Waals surface area contributed by atoms with Crippen molar-refractivity contribution in [2.24, 2.45) is 0 Å². The van der Waals surface area contributed by atoms with E-state index in [0.717, 1.165) is 18.4 Å². The zero-order valence-corrected chi connectivity index (χ0v) is 17.2. The topological polar surface area (TPSA) is 66.5 Å². The van der Waals surface area contributed by atoms with Crippen LogP contribution in [0.2, 0.25) is 0 Å². The highest BCUT2D eigenvalue weighted by Gasteiger charge is 2.23. The van der Waals surface area contributed by atoms with Crippen LogP contribution in [0.1, 0.15) is 37.8 Å². The Morgan fingerprint density at radius 3 is 2.41 bits per heavy atom. The fraction of sp³-hybridized carbons (Fsp3) is 0.381. The summed E-state index contributed by atoms with van der Waals surface area (Å²) in [6.45, 7) is 5.49. The van der Waals surface area contributed by atoms with Gasteiger partial charge in [0.05, 0.1) is 4.90 Å². The first-order valence-electron chi connectivity index (χ1n) is 9.14. The molecule has 0 aromatic heterocycles. The van der Waals surface area contributed by atoms with E-state index in [9.17, 15) is 13.2 Å². The number of hydrogen-bond acceptors (Lipinski definition) is 3. The number of carbonyl (C=O) groups is 1. The summed E-state index contributed by atoms with van der Waals surface area (Å²) in [5, 5.41) is 2.86. The number of anilines is 1. The third-order valence-electron chi connectivity index (χ3n) is 4.60. The molecule has 0 unspecified atom stereocenters. The van der Waals surface area contributed by atoms with E-state index in [-0.39, 0.29) is 16.8 Å². The quantitative estimate of drug-likeness (QED) is 0.744. The van der Waals surface area contributed by atoms with Gasteiger partial charge in [0.2, 0.25) is 15.9 Å². The first kappa shape index (κ1) is 21.1. The van der Waals surface area contributed by atoms with Crippen molar-refractivity contribution >= 4 is 21.6 Å². The molecule has 2 rings (SSSR count). The maximum Gasteiger partial charge on any atom is 0.243 e. The van der Waals surface area contributed by atoms with Crippen LogP contribution in [-0.4, -0.2) is 31.7 Å². The molecule has 0 radical (unpaired) electrons. The zero-order valence-electron chi connectivity index (χ0n) is 16.4. The van der Waals surface area contributed by atoms with Crippen molar-refractivity contribution in [3.63, 3.8) is 0 Å². The minimum Gasteiger partial charge on any atom is -0.326 e. The lowest BCUT2D eigenvalue weighted by Gasteiger charge is -2.21. The molecular weight excluding hydrogens is 360 g/mol. The van der Waals surface area contributed by atoms with Crippen molar-refractivity contribution in [2.75, 3.05) is 12.4 Å². The fourth-order valence-electron chi connectivity index (χ4n) is 2.65. The molecular formula is C21H28N2O3S. The van der Waals surface area contributed by atoms with E-state index in [1.807, 2.05) is 51.1 Å². The lowest BCUT2D eigenvalue weighted by molar-refractivity contribution is -0.116. The summed E-state index contributed by atoms with van der Waals surface area (Å²) in [6, 6.07) is 14.7. The highest BCUT2D eigenvalue weighted by Crippen LogP contribution is 2.23. The van der Waals surface area contributed by atoms with Gasteiger partial charge in [-0.3, -0.25) is 4.79 Å². The lowest BCUT2D eigenvalue weighted by atomic mass is 10.1. The summed E-state index contributed by atoms with van der Waals surface area (Å²) < 4.78 is 26.7. The van der Waals surface area contributed by atoms with Crippen molar-refractivity contribution in [3.8, 4) is 0 Å². The summed E-state index contributed by atoms with van der Waals surface area (Å²) in [5.41, 5.74) is 2.57. The van der Waals surface area contributed by atoms with Crippen LogP contribution in [0.3, 0.4) is 0 Å². The monoisotopic (exact) mass is 388 g/mol. The van der Waals surface area contributed by atoms with Crippen molar-refractivity contribution in [1.29, 1.82) is 0 Å². The number of carbonyl (C=O) groups excluding carboxylic acids is 1.